The van der Waals surface area contributed by atoms with Crippen LogP contribution in [0.25, 0.3) is 0 Å². The van der Waals surface area contributed by atoms with Gasteiger partial charge in [-0.25, -0.2) is 4.79 Å². The number of aromatic carboxylic acids is 1. The summed E-state index contributed by atoms with van der Waals surface area (Å²) in [5, 5.41) is 16.7. The van der Waals surface area contributed by atoms with E-state index in [1.807, 2.05) is 0 Å². The Labute approximate surface area is 148 Å². The Morgan fingerprint density at radius 1 is 1.24 bits per heavy atom. The molecule has 2 heterocycles. The lowest BCUT2D eigenvalue weighted by Gasteiger charge is -2.30. The Kier molecular flexibility index (Phi) is 5.43. The molecule has 132 valence electrons. The van der Waals surface area contributed by atoms with Crippen LogP contribution in [0.15, 0.2) is 30.5 Å². The molecular weight excluding hydrogens is 316 g/mol. The summed E-state index contributed by atoms with van der Waals surface area (Å²) in [5.41, 5.74) is 4.18. The van der Waals surface area contributed by atoms with Gasteiger partial charge in [0.2, 0.25) is 0 Å². The highest BCUT2D eigenvalue weighted by molar-refractivity contribution is 5.87. The molecule has 1 aliphatic heterocycles. The molecule has 5 heteroatoms. The van der Waals surface area contributed by atoms with Crippen LogP contribution in [0.2, 0.25) is 0 Å². The Hall–Kier alpha value is -2.27. The first-order chi connectivity index (χ1) is 12.0. The molecular formula is C20H24N2O3. The van der Waals surface area contributed by atoms with Crippen molar-refractivity contribution in [2.45, 2.75) is 58.2 Å². The minimum absolute atomic E-state index is 0.0413. The SMILES string of the molecule is Cc1ccc([C@@H]2CCC[C@H](CCc3cnnc(C(=O)O)c3C)O2)cc1. The van der Waals surface area contributed by atoms with E-state index in [1.54, 1.807) is 13.1 Å². The molecule has 3 rings (SSSR count). The van der Waals surface area contributed by atoms with Crippen molar-refractivity contribution in [1.29, 1.82) is 0 Å². The van der Waals surface area contributed by atoms with Gasteiger partial charge in [0.05, 0.1) is 18.4 Å². The second-order valence-corrected chi connectivity index (χ2v) is 6.78. The van der Waals surface area contributed by atoms with Gasteiger partial charge in [0.1, 0.15) is 0 Å². The quantitative estimate of drug-likeness (QED) is 0.889. The fraction of sp³-hybridized carbons (Fsp3) is 0.450. The first kappa shape index (κ1) is 17.5. The molecule has 1 fully saturated rings. The van der Waals surface area contributed by atoms with Gasteiger partial charge in [-0.2, -0.15) is 5.10 Å². The zero-order chi connectivity index (χ0) is 17.8. The zero-order valence-electron chi connectivity index (χ0n) is 14.7. The van der Waals surface area contributed by atoms with Gasteiger partial charge in [-0.05, 0) is 62.6 Å². The van der Waals surface area contributed by atoms with Crippen LogP contribution in [0.5, 0.6) is 0 Å². The molecule has 0 spiro atoms. The highest BCUT2D eigenvalue weighted by atomic mass is 16.5. The molecule has 2 atom stereocenters. The van der Waals surface area contributed by atoms with E-state index in [1.165, 1.54) is 11.1 Å². The van der Waals surface area contributed by atoms with Crippen molar-refractivity contribution in [3.8, 4) is 0 Å². The van der Waals surface area contributed by atoms with E-state index < -0.39 is 5.97 Å². The van der Waals surface area contributed by atoms with Gasteiger partial charge in [0.15, 0.2) is 5.69 Å². The van der Waals surface area contributed by atoms with E-state index >= 15 is 0 Å². The highest BCUT2D eigenvalue weighted by Crippen LogP contribution is 2.33. The molecule has 0 saturated carbocycles. The van der Waals surface area contributed by atoms with E-state index in [4.69, 9.17) is 9.84 Å². The molecule has 1 N–H and O–H groups in total. The third-order valence-corrected chi connectivity index (χ3v) is 4.94. The smallest absolute Gasteiger partial charge is 0.356 e. The van der Waals surface area contributed by atoms with Crippen molar-refractivity contribution in [1.82, 2.24) is 10.2 Å². The molecule has 0 aliphatic carbocycles. The van der Waals surface area contributed by atoms with Crippen LogP contribution in [0.4, 0.5) is 0 Å². The van der Waals surface area contributed by atoms with E-state index in [9.17, 15) is 4.79 Å². The van der Waals surface area contributed by atoms with Crippen molar-refractivity contribution in [3.63, 3.8) is 0 Å². The molecule has 0 radical (unpaired) electrons. The second-order valence-electron chi connectivity index (χ2n) is 6.78. The highest BCUT2D eigenvalue weighted by Gasteiger charge is 2.24. The maximum atomic E-state index is 11.2. The maximum Gasteiger partial charge on any atom is 0.356 e. The fourth-order valence-corrected chi connectivity index (χ4v) is 3.39. The Bertz CT molecular complexity index is 743. The predicted molar refractivity (Wildman–Crippen MR) is 94.7 cm³/mol. The molecule has 2 aromatic rings. The lowest BCUT2D eigenvalue weighted by Crippen LogP contribution is -2.23. The van der Waals surface area contributed by atoms with Crippen LogP contribution in [0.3, 0.4) is 0 Å². The number of carboxylic acid groups (broad SMARTS) is 1. The molecule has 1 aromatic heterocycles. The van der Waals surface area contributed by atoms with Gasteiger partial charge in [0, 0.05) is 0 Å². The van der Waals surface area contributed by atoms with E-state index in [0.29, 0.717) is 5.56 Å². The van der Waals surface area contributed by atoms with Crippen molar-refractivity contribution in [2.75, 3.05) is 0 Å². The molecule has 1 aliphatic rings. The van der Waals surface area contributed by atoms with Crippen molar-refractivity contribution >= 4 is 5.97 Å². The van der Waals surface area contributed by atoms with Crippen LogP contribution in [-0.2, 0) is 11.2 Å². The number of aryl methyl sites for hydroxylation is 2. The standard InChI is InChI=1S/C20H24N2O3/c1-13-6-8-15(9-7-13)18-5-3-4-17(25-18)11-10-16-12-21-22-19(14(16)2)20(23)24/h6-9,12,17-18H,3-5,10-11H2,1-2H3,(H,23,24)/t17-,18+/m1/s1. The first-order valence-corrected chi connectivity index (χ1v) is 8.81. The minimum atomic E-state index is -1.03. The summed E-state index contributed by atoms with van der Waals surface area (Å²) in [6, 6.07) is 8.56. The summed E-state index contributed by atoms with van der Waals surface area (Å²) in [5.74, 6) is -1.03. The van der Waals surface area contributed by atoms with Crippen molar-refractivity contribution in [3.05, 3.63) is 58.4 Å². The van der Waals surface area contributed by atoms with Crippen LogP contribution >= 0.6 is 0 Å². The molecule has 0 unspecified atom stereocenters. The summed E-state index contributed by atoms with van der Waals surface area (Å²) >= 11 is 0. The average molecular weight is 340 g/mol. The first-order valence-electron chi connectivity index (χ1n) is 8.81. The Balaban J connectivity index is 1.63. The van der Waals surface area contributed by atoms with Crippen LogP contribution in [-0.4, -0.2) is 27.4 Å². The second kappa shape index (κ2) is 7.74. The number of ether oxygens (including phenoxy) is 1. The summed E-state index contributed by atoms with van der Waals surface area (Å²) < 4.78 is 6.30. The normalized spacial score (nSPS) is 20.4. The summed E-state index contributed by atoms with van der Waals surface area (Å²) in [6.45, 7) is 3.88. The number of benzene rings is 1. The molecule has 0 bridgehead atoms. The number of rotatable bonds is 5. The van der Waals surface area contributed by atoms with Gasteiger partial charge in [0.25, 0.3) is 0 Å². The van der Waals surface area contributed by atoms with Crippen LogP contribution in [0, 0.1) is 13.8 Å². The largest absolute Gasteiger partial charge is 0.476 e. The number of hydrogen-bond acceptors (Lipinski definition) is 4. The topological polar surface area (TPSA) is 72.3 Å². The molecule has 1 saturated heterocycles. The lowest BCUT2D eigenvalue weighted by molar-refractivity contribution is -0.0546. The lowest BCUT2D eigenvalue weighted by atomic mass is 9.94. The van der Waals surface area contributed by atoms with Crippen LogP contribution in [0.1, 0.15) is 64.5 Å². The summed E-state index contributed by atoms with van der Waals surface area (Å²) in [4.78, 5) is 11.2. The minimum Gasteiger partial charge on any atom is -0.476 e. The van der Waals surface area contributed by atoms with E-state index in [2.05, 4.69) is 41.4 Å². The fourth-order valence-electron chi connectivity index (χ4n) is 3.39. The molecule has 1 aromatic carbocycles. The molecule has 0 amide bonds. The van der Waals surface area contributed by atoms with Gasteiger partial charge in [-0.3, -0.25) is 0 Å². The third kappa shape index (κ3) is 4.23. The van der Waals surface area contributed by atoms with Crippen molar-refractivity contribution < 1.29 is 14.6 Å². The van der Waals surface area contributed by atoms with Gasteiger partial charge < -0.3 is 9.84 Å². The molecule has 25 heavy (non-hydrogen) atoms. The Morgan fingerprint density at radius 2 is 2.00 bits per heavy atom. The van der Waals surface area contributed by atoms with E-state index in [0.717, 1.165) is 37.7 Å². The summed E-state index contributed by atoms with van der Waals surface area (Å²) in [7, 11) is 0. The predicted octanol–water partition coefficient (Wildman–Crippen LogP) is 4.03. The number of nitrogens with zero attached hydrogens (tertiary/aromatic N) is 2. The number of hydrogen-bond donors (Lipinski definition) is 1. The van der Waals surface area contributed by atoms with Crippen LogP contribution < -0.4 is 0 Å². The van der Waals surface area contributed by atoms with Crippen molar-refractivity contribution in [2.24, 2.45) is 0 Å². The zero-order valence-corrected chi connectivity index (χ0v) is 14.7. The van der Waals surface area contributed by atoms with Gasteiger partial charge in [-0.1, -0.05) is 29.8 Å². The molecule has 5 nitrogen and oxygen atoms in total. The van der Waals surface area contributed by atoms with E-state index in [-0.39, 0.29) is 17.9 Å². The number of carbonyl (C=O) groups is 1. The van der Waals surface area contributed by atoms with Gasteiger partial charge in [-0.15, -0.1) is 5.10 Å². The number of carboxylic acids is 1. The summed E-state index contributed by atoms with van der Waals surface area (Å²) in [6.07, 6.45) is 6.90. The Morgan fingerprint density at radius 3 is 2.72 bits per heavy atom. The maximum absolute atomic E-state index is 11.2. The third-order valence-electron chi connectivity index (χ3n) is 4.94. The monoisotopic (exact) mass is 340 g/mol. The van der Waals surface area contributed by atoms with Gasteiger partial charge >= 0.3 is 5.97 Å². The average Bonchev–Trinajstić information content (AvgIpc) is 2.61. The number of aromatic nitrogens is 2.